The summed E-state index contributed by atoms with van der Waals surface area (Å²) in [6.07, 6.45) is 4.92. The summed E-state index contributed by atoms with van der Waals surface area (Å²) in [5.74, 6) is 1.57. The minimum absolute atomic E-state index is 0.258. The van der Waals surface area contributed by atoms with Crippen LogP contribution in [-0.4, -0.2) is 71.0 Å². The molecule has 0 spiro atoms. The van der Waals surface area contributed by atoms with Gasteiger partial charge in [-0.3, -0.25) is 10.6 Å². The van der Waals surface area contributed by atoms with Crippen molar-refractivity contribution in [2.24, 2.45) is 15.2 Å². The second kappa shape index (κ2) is 16.2. The highest BCUT2D eigenvalue weighted by molar-refractivity contribution is 7.88. The lowest BCUT2D eigenvalue weighted by Gasteiger charge is -2.31. The first-order valence-corrected chi connectivity index (χ1v) is 14.6. The predicted molar refractivity (Wildman–Crippen MR) is 163 cm³/mol. The fourth-order valence-corrected chi connectivity index (χ4v) is 4.59. The number of para-hydroxylation sites is 2. The topological polar surface area (TPSA) is 149 Å². The van der Waals surface area contributed by atoms with Crippen LogP contribution in [0.15, 0.2) is 69.0 Å². The van der Waals surface area contributed by atoms with Crippen molar-refractivity contribution in [2.45, 2.75) is 25.7 Å². The van der Waals surface area contributed by atoms with Gasteiger partial charge in [-0.05, 0) is 68.6 Å². The van der Waals surface area contributed by atoms with Gasteiger partial charge in [-0.2, -0.15) is 9.90 Å². The average molecular weight is 591 g/mol. The Balaban J connectivity index is 1.75. The molecule has 2 aromatic rings. The van der Waals surface area contributed by atoms with Gasteiger partial charge in [-0.15, -0.1) is 0 Å². The Hall–Kier alpha value is -3.20. The van der Waals surface area contributed by atoms with E-state index in [9.17, 15) is 14.7 Å². The van der Waals surface area contributed by atoms with E-state index in [-0.39, 0.29) is 11.8 Å². The van der Waals surface area contributed by atoms with Crippen LogP contribution in [0.25, 0.3) is 0 Å². The van der Waals surface area contributed by atoms with Crippen LogP contribution >= 0.6 is 11.6 Å². The van der Waals surface area contributed by atoms with Crippen molar-refractivity contribution in [1.29, 1.82) is 0 Å². The maximum atomic E-state index is 11.5. The zero-order chi connectivity index (χ0) is 28.9. The lowest BCUT2D eigenvalue weighted by molar-refractivity contribution is 0.0306. The third kappa shape index (κ3) is 9.18. The molecule has 0 radical (unpaired) electrons. The summed E-state index contributed by atoms with van der Waals surface area (Å²) in [6, 6.07) is 13.0. The summed E-state index contributed by atoms with van der Waals surface area (Å²) in [6.45, 7) is 4.65. The number of hydrogen-bond donors (Lipinski definition) is 4. The number of piperidine rings is 1. The van der Waals surface area contributed by atoms with Crippen LogP contribution in [-0.2, 0) is 11.4 Å². The summed E-state index contributed by atoms with van der Waals surface area (Å²) in [5, 5.41) is 19.1. The number of methoxy groups -OCH3 is 1. The number of hydrogen-bond acceptors (Lipinski definition) is 10. The van der Waals surface area contributed by atoms with Crippen LogP contribution in [0, 0.1) is 4.91 Å². The normalized spacial score (nSPS) is 16.3. The Bertz CT molecular complexity index is 1200. The molecule has 2 aromatic carbocycles. The van der Waals surface area contributed by atoms with Crippen LogP contribution < -0.4 is 20.8 Å². The monoisotopic (exact) mass is 590 g/mol. The molecular weight excluding hydrogens is 556 g/mol. The molecule has 3 rings (SSSR count). The number of likely N-dealkylation sites (tertiary alicyclic amines) is 1. The van der Waals surface area contributed by atoms with Crippen molar-refractivity contribution < 1.29 is 14.5 Å². The van der Waals surface area contributed by atoms with Crippen LogP contribution in [0.1, 0.15) is 31.2 Å². The lowest BCUT2D eigenvalue weighted by Crippen LogP contribution is -2.34. The molecule has 4 N–H and O–H groups in total. The van der Waals surface area contributed by atoms with Gasteiger partial charge in [0.1, 0.15) is 17.8 Å². The Morgan fingerprint density at radius 1 is 1.23 bits per heavy atom. The van der Waals surface area contributed by atoms with Crippen LogP contribution in [0.2, 0.25) is 0 Å². The Morgan fingerprint density at radius 3 is 2.58 bits per heavy atom. The van der Waals surface area contributed by atoms with Gasteiger partial charge in [0.15, 0.2) is 0 Å². The molecule has 1 aliphatic rings. The highest BCUT2D eigenvalue weighted by Gasteiger charge is 2.22. The molecular formula is C26H35ClN8O4S. The first-order chi connectivity index (χ1) is 19.4. The number of guanidine groups is 1. The third-order valence-electron chi connectivity index (χ3n) is 6.27. The highest BCUT2D eigenvalue weighted by atomic mass is 35.5. The van der Waals surface area contributed by atoms with Crippen molar-refractivity contribution in [1.82, 2.24) is 9.48 Å². The number of halogens is 1. The van der Waals surface area contributed by atoms with Crippen molar-refractivity contribution in [2.75, 3.05) is 55.6 Å². The zero-order valence-electron chi connectivity index (χ0n) is 22.7. The minimum Gasteiger partial charge on any atom is -0.595 e. The smallest absolute Gasteiger partial charge is 0.228 e. The Morgan fingerprint density at radius 2 is 1.95 bits per heavy atom. The van der Waals surface area contributed by atoms with E-state index >= 15 is 0 Å². The molecule has 1 fully saturated rings. The second-order valence-corrected chi connectivity index (χ2v) is 10.3. The van der Waals surface area contributed by atoms with Gasteiger partial charge < -0.3 is 24.8 Å². The van der Waals surface area contributed by atoms with Crippen molar-refractivity contribution >= 4 is 52.2 Å². The van der Waals surface area contributed by atoms with Gasteiger partial charge in [0, 0.05) is 18.3 Å². The predicted octanol–water partition coefficient (Wildman–Crippen LogP) is 4.96. The fraction of sp³-hybridized carbons (Fsp3) is 0.385. The zero-order valence-corrected chi connectivity index (χ0v) is 24.3. The molecule has 0 aliphatic carbocycles. The molecule has 14 heteroatoms. The van der Waals surface area contributed by atoms with Gasteiger partial charge in [0.05, 0.1) is 46.7 Å². The molecule has 12 nitrogen and oxygen atoms in total. The number of benzene rings is 2. The molecule has 0 saturated carbocycles. The maximum Gasteiger partial charge on any atom is 0.228 e. The van der Waals surface area contributed by atoms with Crippen molar-refractivity contribution in [3.8, 4) is 5.75 Å². The van der Waals surface area contributed by atoms with E-state index in [4.69, 9.17) is 16.3 Å². The molecule has 0 aromatic heterocycles. The molecule has 1 saturated heterocycles. The number of rotatable bonds is 12. The summed E-state index contributed by atoms with van der Waals surface area (Å²) in [5.41, 5.74) is 6.75. The lowest BCUT2D eigenvalue weighted by atomic mass is 9.89. The highest BCUT2D eigenvalue weighted by Crippen LogP contribution is 2.34. The van der Waals surface area contributed by atoms with Gasteiger partial charge in [0.2, 0.25) is 5.96 Å². The van der Waals surface area contributed by atoms with Gasteiger partial charge >= 0.3 is 0 Å². The van der Waals surface area contributed by atoms with Crippen LogP contribution in [0.5, 0.6) is 5.75 Å². The first kappa shape index (κ1) is 31.3. The van der Waals surface area contributed by atoms with Crippen LogP contribution in [0.4, 0.5) is 17.1 Å². The quantitative estimate of drug-likeness (QED) is 0.0884. The number of nitroso groups, excluding NO2 is 1. The minimum atomic E-state index is -1.65. The number of nitrogens with one attached hydrogen (secondary N) is 3. The Labute approximate surface area is 242 Å². The molecule has 1 unspecified atom stereocenters. The van der Waals surface area contributed by atoms with Crippen LogP contribution in [0.3, 0.4) is 0 Å². The SMILES string of the molecule is CC=NC(=N/C(=C/Cl)Nc1ccccc1NN(O)[S+](C)[O-])Nc1ccc(C2CCN(CCN=O)CC2)cc1OC. The average Bonchev–Trinajstić information content (AvgIpc) is 2.97. The van der Waals surface area contributed by atoms with Gasteiger partial charge in [-0.25, -0.2) is 4.99 Å². The number of ether oxygens (including phenoxy) is 1. The first-order valence-electron chi connectivity index (χ1n) is 12.7. The van der Waals surface area contributed by atoms with Crippen molar-refractivity contribution in [3.05, 3.63) is 64.3 Å². The maximum absolute atomic E-state index is 11.5. The van der Waals surface area contributed by atoms with E-state index in [1.54, 1.807) is 44.5 Å². The number of aliphatic imine (C=N–C) groups is 2. The van der Waals surface area contributed by atoms with E-state index in [2.05, 4.69) is 42.2 Å². The molecule has 40 heavy (non-hydrogen) atoms. The van der Waals surface area contributed by atoms with E-state index in [1.165, 1.54) is 17.4 Å². The molecule has 216 valence electrons. The fourth-order valence-electron chi connectivity index (χ4n) is 4.26. The van der Waals surface area contributed by atoms with E-state index in [1.807, 2.05) is 12.1 Å². The van der Waals surface area contributed by atoms with Gasteiger partial charge in [-0.1, -0.05) is 35.0 Å². The molecule has 1 atom stereocenters. The summed E-state index contributed by atoms with van der Waals surface area (Å²) >= 11 is 4.43. The van der Waals surface area contributed by atoms with Gasteiger partial charge in [0.25, 0.3) is 0 Å². The summed E-state index contributed by atoms with van der Waals surface area (Å²) in [7, 11) is 1.61. The number of hydrazine groups is 1. The summed E-state index contributed by atoms with van der Waals surface area (Å²) in [4.78, 5) is 21.6. The molecule has 1 heterocycles. The molecule has 1 aliphatic heterocycles. The standard InChI is InChI=1S/C26H35ClN8O4S/c1-4-28-26(32-25(18-27)30-21-7-5-6-8-22(21)33-35(37)40(3)38)31-23-10-9-20(17-24(23)39-2)19-11-14-34(15-12-19)16-13-29-36/h4-10,17-19,30,33,37H,11-16H2,1-3H3,(H,31,32)/b25-18+,28-4?. The third-order valence-corrected chi connectivity index (χ3v) is 7.05. The van der Waals surface area contributed by atoms with E-state index < -0.39 is 11.4 Å². The van der Waals surface area contributed by atoms with E-state index in [0.717, 1.165) is 25.9 Å². The molecule has 0 amide bonds. The second-order valence-electron chi connectivity index (χ2n) is 8.85. The largest absolute Gasteiger partial charge is 0.595 e. The number of nitrogens with zero attached hydrogens (tertiary/aromatic N) is 5. The van der Waals surface area contributed by atoms with Crippen molar-refractivity contribution in [3.63, 3.8) is 0 Å². The summed E-state index contributed by atoms with van der Waals surface area (Å²) < 4.78 is 17.7. The molecule has 0 bridgehead atoms. The number of anilines is 3. The van der Waals surface area contributed by atoms with E-state index in [0.29, 0.717) is 46.4 Å². The Kier molecular flexibility index (Phi) is 12.7.